The summed E-state index contributed by atoms with van der Waals surface area (Å²) in [5.74, 6) is 0.424. The Morgan fingerprint density at radius 2 is 1.65 bits per heavy atom. The second-order valence-corrected chi connectivity index (χ2v) is 10.1. The van der Waals surface area contributed by atoms with Gasteiger partial charge in [-0.1, -0.05) is 19.1 Å². The lowest BCUT2D eigenvalue weighted by atomic mass is 9.87. The molecule has 1 N–H and O–H groups in total. The van der Waals surface area contributed by atoms with Gasteiger partial charge in [0.2, 0.25) is 9.84 Å². The van der Waals surface area contributed by atoms with E-state index in [4.69, 9.17) is 0 Å². The Hall–Kier alpha value is -3.05. The van der Waals surface area contributed by atoms with E-state index >= 15 is 0 Å². The molecule has 1 fully saturated rings. The molecule has 0 aliphatic heterocycles. The second-order valence-electron chi connectivity index (χ2n) is 8.06. The Labute approximate surface area is 181 Å². The first-order chi connectivity index (χ1) is 14.9. The lowest BCUT2D eigenvalue weighted by Crippen LogP contribution is -2.27. The summed E-state index contributed by atoms with van der Waals surface area (Å²) in [6.45, 7) is 2.22. The number of nitriles is 1. The van der Waals surface area contributed by atoms with Crippen LogP contribution in [0.1, 0.15) is 43.6 Å². The molecule has 4 rings (SSSR count). The molecular formula is C23H23FN4O2S. The van der Waals surface area contributed by atoms with E-state index in [1.54, 1.807) is 18.2 Å². The number of nitrogens with zero attached hydrogens (tertiary/aromatic N) is 3. The number of para-hydroxylation sites is 2. The van der Waals surface area contributed by atoms with Crippen molar-refractivity contribution in [3.05, 3.63) is 60.0 Å². The summed E-state index contributed by atoms with van der Waals surface area (Å²) in [5, 5.41) is 11.7. The highest BCUT2D eigenvalue weighted by atomic mass is 32.2. The van der Waals surface area contributed by atoms with Crippen molar-refractivity contribution in [1.29, 1.82) is 5.26 Å². The molecule has 0 bridgehead atoms. The van der Waals surface area contributed by atoms with Crippen molar-refractivity contribution in [1.82, 2.24) is 9.97 Å². The topological polar surface area (TPSA) is 95.7 Å². The zero-order valence-electron chi connectivity index (χ0n) is 17.1. The molecule has 0 spiro atoms. The Kier molecular flexibility index (Phi) is 5.88. The van der Waals surface area contributed by atoms with Crippen LogP contribution in [0.3, 0.4) is 0 Å². The zero-order valence-corrected chi connectivity index (χ0v) is 17.9. The summed E-state index contributed by atoms with van der Waals surface area (Å²) in [7, 11) is -4.13. The first-order valence-corrected chi connectivity index (χ1v) is 11.9. The highest BCUT2D eigenvalue weighted by Crippen LogP contribution is 2.34. The van der Waals surface area contributed by atoms with Crippen molar-refractivity contribution in [2.75, 3.05) is 5.32 Å². The van der Waals surface area contributed by atoms with E-state index in [-0.39, 0.29) is 16.6 Å². The number of hydrogen-bond acceptors (Lipinski definition) is 6. The number of halogens is 1. The molecule has 1 aliphatic rings. The maximum Gasteiger partial charge on any atom is 0.200 e. The monoisotopic (exact) mass is 438 g/mol. The Morgan fingerprint density at radius 3 is 2.26 bits per heavy atom. The zero-order chi connectivity index (χ0) is 22.0. The van der Waals surface area contributed by atoms with E-state index in [9.17, 15) is 18.1 Å². The Morgan fingerprint density at radius 1 is 1.03 bits per heavy atom. The number of anilines is 1. The third-order valence-corrected chi connectivity index (χ3v) is 7.65. The minimum atomic E-state index is -4.13. The van der Waals surface area contributed by atoms with Gasteiger partial charge in [0.1, 0.15) is 11.5 Å². The van der Waals surface area contributed by atoms with Gasteiger partial charge < -0.3 is 5.32 Å². The lowest BCUT2D eigenvalue weighted by molar-refractivity contribution is 0.360. The predicted molar refractivity (Wildman–Crippen MR) is 117 cm³/mol. The molecular weight excluding hydrogens is 415 g/mol. The van der Waals surface area contributed by atoms with E-state index in [1.807, 2.05) is 12.1 Å². The number of fused-ring (bicyclic) bond motifs is 1. The van der Waals surface area contributed by atoms with Gasteiger partial charge in [-0.3, -0.25) is 0 Å². The molecule has 160 valence electrons. The van der Waals surface area contributed by atoms with Gasteiger partial charge in [-0.05, 0) is 68.0 Å². The summed E-state index contributed by atoms with van der Waals surface area (Å²) in [5.41, 5.74) is 1.20. The largest absolute Gasteiger partial charge is 0.366 e. The van der Waals surface area contributed by atoms with Crippen LogP contribution in [0.2, 0.25) is 0 Å². The molecule has 1 saturated carbocycles. The van der Waals surface area contributed by atoms with Crippen molar-refractivity contribution in [3.8, 4) is 6.07 Å². The molecule has 3 aromatic rings. The molecule has 31 heavy (non-hydrogen) atoms. The van der Waals surface area contributed by atoms with Crippen LogP contribution in [-0.4, -0.2) is 24.4 Å². The summed E-state index contributed by atoms with van der Waals surface area (Å²) in [6, 6.07) is 13.6. The summed E-state index contributed by atoms with van der Waals surface area (Å²) in [6.07, 6.45) is 4.03. The molecule has 0 unspecified atom stereocenters. The standard InChI is InChI=1S/C23H23FN4O2S/c1-15-6-10-17(11-7-15)26-23-22(27-19-4-2-3-5-20(19)28-23)21(14-25)31(29,30)18-12-8-16(24)9-13-18/h2-5,8-9,12-13,15,17,21H,6-7,10-11H2,1H3,(H,26,28)/t15?,17?,21-/m1/s1. The number of rotatable bonds is 5. The van der Waals surface area contributed by atoms with Crippen molar-refractivity contribution in [3.63, 3.8) is 0 Å². The van der Waals surface area contributed by atoms with Gasteiger partial charge in [-0.2, -0.15) is 5.26 Å². The average molecular weight is 439 g/mol. The first-order valence-electron chi connectivity index (χ1n) is 10.3. The van der Waals surface area contributed by atoms with Crippen LogP contribution in [0.4, 0.5) is 10.2 Å². The fourth-order valence-corrected chi connectivity index (χ4v) is 5.32. The van der Waals surface area contributed by atoms with Gasteiger partial charge in [-0.15, -0.1) is 0 Å². The van der Waals surface area contributed by atoms with Gasteiger partial charge in [0.05, 0.1) is 22.0 Å². The van der Waals surface area contributed by atoms with E-state index in [0.717, 1.165) is 37.8 Å². The number of nitrogens with one attached hydrogen (secondary N) is 1. The molecule has 1 atom stereocenters. The Balaban J connectivity index is 1.79. The van der Waals surface area contributed by atoms with Crippen LogP contribution in [0.25, 0.3) is 11.0 Å². The van der Waals surface area contributed by atoms with Gasteiger partial charge in [0.15, 0.2) is 11.1 Å². The number of sulfone groups is 1. The number of benzene rings is 2. The maximum atomic E-state index is 13.3. The number of hydrogen-bond donors (Lipinski definition) is 1. The molecule has 1 heterocycles. The van der Waals surface area contributed by atoms with Gasteiger partial charge in [0, 0.05) is 6.04 Å². The van der Waals surface area contributed by atoms with Crippen molar-refractivity contribution in [2.24, 2.45) is 5.92 Å². The smallest absolute Gasteiger partial charge is 0.200 e. The van der Waals surface area contributed by atoms with Crippen LogP contribution in [0.5, 0.6) is 0 Å². The molecule has 8 heteroatoms. The molecule has 0 saturated heterocycles. The first kappa shape index (κ1) is 21.2. The summed E-state index contributed by atoms with van der Waals surface area (Å²) >= 11 is 0. The third kappa shape index (κ3) is 4.37. The van der Waals surface area contributed by atoms with E-state index < -0.39 is 20.9 Å². The van der Waals surface area contributed by atoms with Crippen molar-refractivity contribution < 1.29 is 12.8 Å². The average Bonchev–Trinajstić information content (AvgIpc) is 2.76. The van der Waals surface area contributed by atoms with Crippen LogP contribution in [0.15, 0.2) is 53.4 Å². The molecule has 0 amide bonds. The van der Waals surface area contributed by atoms with Gasteiger partial charge in [-0.25, -0.2) is 22.8 Å². The van der Waals surface area contributed by atoms with Crippen LogP contribution < -0.4 is 5.32 Å². The Bertz CT molecular complexity index is 1230. The normalized spacial score (nSPS) is 20.2. The third-order valence-electron chi connectivity index (χ3n) is 5.77. The molecule has 1 aliphatic carbocycles. The van der Waals surface area contributed by atoms with Gasteiger partial charge in [0.25, 0.3) is 0 Å². The molecule has 1 aromatic heterocycles. The second kappa shape index (κ2) is 8.60. The van der Waals surface area contributed by atoms with Crippen LogP contribution >= 0.6 is 0 Å². The lowest BCUT2D eigenvalue weighted by Gasteiger charge is -2.28. The minimum absolute atomic E-state index is 0.0733. The number of aromatic nitrogens is 2. The van der Waals surface area contributed by atoms with Crippen molar-refractivity contribution >= 4 is 26.7 Å². The summed E-state index contributed by atoms with van der Waals surface area (Å²) < 4.78 is 39.8. The summed E-state index contributed by atoms with van der Waals surface area (Å²) in [4.78, 5) is 9.03. The highest BCUT2D eigenvalue weighted by Gasteiger charge is 2.34. The van der Waals surface area contributed by atoms with E-state index in [1.165, 1.54) is 12.1 Å². The molecule has 2 aromatic carbocycles. The van der Waals surface area contributed by atoms with Crippen LogP contribution in [-0.2, 0) is 9.84 Å². The van der Waals surface area contributed by atoms with Gasteiger partial charge >= 0.3 is 0 Å². The quantitative estimate of drug-likeness (QED) is 0.575. The highest BCUT2D eigenvalue weighted by molar-refractivity contribution is 7.92. The van der Waals surface area contributed by atoms with Crippen LogP contribution in [0, 0.1) is 23.1 Å². The van der Waals surface area contributed by atoms with E-state index in [2.05, 4.69) is 22.2 Å². The predicted octanol–water partition coefficient (Wildman–Crippen LogP) is 4.80. The van der Waals surface area contributed by atoms with Crippen molar-refractivity contribution in [2.45, 2.75) is 48.8 Å². The fraction of sp³-hybridized carbons (Fsp3) is 0.348. The maximum absolute atomic E-state index is 13.3. The fourth-order valence-electron chi connectivity index (χ4n) is 3.94. The minimum Gasteiger partial charge on any atom is -0.366 e. The SMILES string of the molecule is CC1CCC(Nc2nc3ccccc3nc2[C@@H](C#N)S(=O)(=O)c2ccc(F)cc2)CC1. The molecule has 0 radical (unpaired) electrons. The molecule has 6 nitrogen and oxygen atoms in total. The van der Waals surface area contributed by atoms with E-state index in [0.29, 0.717) is 22.8 Å².